The van der Waals surface area contributed by atoms with Gasteiger partial charge in [0, 0.05) is 24.6 Å². The molecule has 0 bridgehead atoms. The third kappa shape index (κ3) is 3.46. The minimum Gasteiger partial charge on any atom is -0.370 e. The van der Waals surface area contributed by atoms with Crippen LogP contribution in [0.3, 0.4) is 0 Å². The molecule has 5 nitrogen and oxygen atoms in total. The van der Waals surface area contributed by atoms with Crippen molar-refractivity contribution in [2.24, 2.45) is 5.92 Å². The molecule has 1 aliphatic rings. The van der Waals surface area contributed by atoms with Gasteiger partial charge in [-0.3, -0.25) is 4.79 Å². The molecule has 1 heterocycles. The van der Waals surface area contributed by atoms with Gasteiger partial charge in [-0.25, -0.2) is 9.37 Å². The Labute approximate surface area is 164 Å². The number of aromatic nitrogens is 2. The molecule has 0 spiro atoms. The fourth-order valence-corrected chi connectivity index (χ4v) is 3.62. The first-order valence-corrected chi connectivity index (χ1v) is 9.94. The highest BCUT2D eigenvalue weighted by Gasteiger charge is 2.26. The minimum atomic E-state index is -0.273. The van der Waals surface area contributed by atoms with E-state index in [1.165, 1.54) is 12.1 Å². The fraction of sp³-hybridized carbons (Fsp3) is 0.364. The van der Waals surface area contributed by atoms with Crippen molar-refractivity contribution in [3.05, 3.63) is 42.2 Å². The second kappa shape index (κ2) is 7.62. The summed E-state index contributed by atoms with van der Waals surface area (Å²) in [7, 11) is 0. The highest BCUT2D eigenvalue weighted by atomic mass is 19.1. The molecule has 3 aromatic rings. The smallest absolute Gasteiger partial charge is 0.227 e. The SMILES string of the molecule is CCN(CC)c1cc2[nH]c(-c3ccc(F)cc3)nc2cc1NC(=O)C1CCC1. The molecule has 0 unspecified atom stereocenters. The number of anilines is 2. The number of hydrogen-bond acceptors (Lipinski definition) is 3. The van der Waals surface area contributed by atoms with E-state index >= 15 is 0 Å². The topological polar surface area (TPSA) is 61.0 Å². The zero-order valence-corrected chi connectivity index (χ0v) is 16.3. The van der Waals surface area contributed by atoms with Crippen molar-refractivity contribution in [3.63, 3.8) is 0 Å². The highest BCUT2D eigenvalue weighted by Crippen LogP contribution is 2.34. The number of amides is 1. The molecule has 28 heavy (non-hydrogen) atoms. The number of nitrogens with one attached hydrogen (secondary N) is 2. The van der Waals surface area contributed by atoms with Gasteiger partial charge in [-0.15, -0.1) is 0 Å². The first-order valence-electron chi connectivity index (χ1n) is 9.94. The number of rotatable bonds is 6. The van der Waals surface area contributed by atoms with Crippen molar-refractivity contribution in [3.8, 4) is 11.4 Å². The Kier molecular flexibility index (Phi) is 5.03. The molecule has 1 fully saturated rings. The molecule has 1 aromatic heterocycles. The van der Waals surface area contributed by atoms with Crippen molar-refractivity contribution >= 4 is 28.3 Å². The van der Waals surface area contributed by atoms with Crippen LogP contribution in [0.4, 0.5) is 15.8 Å². The average molecular weight is 380 g/mol. The molecule has 1 aliphatic carbocycles. The average Bonchev–Trinajstić information content (AvgIpc) is 3.04. The van der Waals surface area contributed by atoms with Crippen LogP contribution in [0.15, 0.2) is 36.4 Å². The molecule has 0 radical (unpaired) electrons. The van der Waals surface area contributed by atoms with E-state index in [4.69, 9.17) is 0 Å². The Morgan fingerprint density at radius 3 is 2.54 bits per heavy atom. The zero-order valence-electron chi connectivity index (χ0n) is 16.3. The normalized spacial score (nSPS) is 14.1. The van der Waals surface area contributed by atoms with Gasteiger partial charge in [0.05, 0.1) is 22.4 Å². The number of halogens is 1. The predicted octanol–water partition coefficient (Wildman–Crippen LogP) is 4.95. The van der Waals surface area contributed by atoms with Gasteiger partial charge in [-0.05, 0) is 63.1 Å². The Balaban J connectivity index is 1.75. The van der Waals surface area contributed by atoms with E-state index in [1.807, 2.05) is 12.1 Å². The third-order valence-corrected chi connectivity index (χ3v) is 5.55. The van der Waals surface area contributed by atoms with Gasteiger partial charge in [0.2, 0.25) is 5.91 Å². The van der Waals surface area contributed by atoms with E-state index in [1.54, 1.807) is 12.1 Å². The van der Waals surface area contributed by atoms with Crippen molar-refractivity contribution in [1.29, 1.82) is 0 Å². The monoisotopic (exact) mass is 380 g/mol. The molecular formula is C22H25FN4O. The summed E-state index contributed by atoms with van der Waals surface area (Å²) in [5.74, 6) is 0.621. The fourth-order valence-electron chi connectivity index (χ4n) is 3.62. The molecule has 0 atom stereocenters. The van der Waals surface area contributed by atoms with Crippen molar-refractivity contribution in [2.75, 3.05) is 23.3 Å². The number of H-pyrrole nitrogens is 1. The van der Waals surface area contributed by atoms with Crippen molar-refractivity contribution in [1.82, 2.24) is 9.97 Å². The van der Waals surface area contributed by atoms with Crippen LogP contribution < -0.4 is 10.2 Å². The van der Waals surface area contributed by atoms with Crippen LogP contribution in [-0.4, -0.2) is 29.0 Å². The summed E-state index contributed by atoms with van der Waals surface area (Å²) >= 11 is 0. The largest absolute Gasteiger partial charge is 0.370 e. The number of aromatic amines is 1. The number of fused-ring (bicyclic) bond motifs is 1. The van der Waals surface area contributed by atoms with Gasteiger partial charge in [0.25, 0.3) is 0 Å². The van der Waals surface area contributed by atoms with Gasteiger partial charge in [-0.1, -0.05) is 6.42 Å². The van der Waals surface area contributed by atoms with Gasteiger partial charge in [-0.2, -0.15) is 0 Å². The molecule has 1 amide bonds. The maximum absolute atomic E-state index is 13.2. The van der Waals surface area contributed by atoms with Gasteiger partial charge in [0.1, 0.15) is 11.6 Å². The summed E-state index contributed by atoms with van der Waals surface area (Å²) in [5.41, 5.74) is 4.27. The maximum atomic E-state index is 13.2. The highest BCUT2D eigenvalue weighted by molar-refractivity contribution is 6.00. The molecule has 2 N–H and O–H groups in total. The standard InChI is InChI=1S/C22H25FN4O/c1-3-27(4-2)20-13-18-17(12-19(20)26-22(28)15-6-5-7-15)24-21(25-18)14-8-10-16(23)11-9-14/h8-13,15H,3-7H2,1-2H3,(H,24,25)(H,26,28). The summed E-state index contributed by atoms with van der Waals surface area (Å²) in [6, 6.07) is 10.2. The molecule has 1 saturated carbocycles. The lowest BCUT2D eigenvalue weighted by atomic mass is 9.85. The predicted molar refractivity (Wildman–Crippen MR) is 111 cm³/mol. The zero-order chi connectivity index (χ0) is 19.7. The quantitative estimate of drug-likeness (QED) is 0.636. The van der Waals surface area contributed by atoms with Crippen LogP contribution in [0, 0.1) is 11.7 Å². The van der Waals surface area contributed by atoms with Crippen LogP contribution in [-0.2, 0) is 4.79 Å². The van der Waals surface area contributed by atoms with Crippen molar-refractivity contribution < 1.29 is 9.18 Å². The molecule has 2 aromatic carbocycles. The molecule has 6 heteroatoms. The molecule has 0 saturated heterocycles. The van der Waals surface area contributed by atoms with Gasteiger partial charge < -0.3 is 15.2 Å². The lowest BCUT2D eigenvalue weighted by Gasteiger charge is -2.27. The first kappa shape index (κ1) is 18.5. The van der Waals surface area contributed by atoms with E-state index in [0.29, 0.717) is 5.82 Å². The second-order valence-electron chi connectivity index (χ2n) is 7.27. The number of carbonyl (C=O) groups is 1. The van der Waals surface area contributed by atoms with E-state index in [2.05, 4.69) is 34.0 Å². The molecule has 146 valence electrons. The van der Waals surface area contributed by atoms with Crippen LogP contribution in [0.1, 0.15) is 33.1 Å². The second-order valence-corrected chi connectivity index (χ2v) is 7.27. The first-order chi connectivity index (χ1) is 13.6. The molecule has 4 rings (SSSR count). The number of hydrogen-bond donors (Lipinski definition) is 2. The Morgan fingerprint density at radius 2 is 1.93 bits per heavy atom. The summed E-state index contributed by atoms with van der Waals surface area (Å²) in [5, 5.41) is 3.13. The summed E-state index contributed by atoms with van der Waals surface area (Å²) in [6.07, 6.45) is 3.05. The third-order valence-electron chi connectivity index (χ3n) is 5.55. The summed E-state index contributed by atoms with van der Waals surface area (Å²) < 4.78 is 13.2. The van der Waals surface area contributed by atoms with Gasteiger partial charge >= 0.3 is 0 Å². The molecule has 0 aliphatic heterocycles. The molecular weight excluding hydrogens is 355 g/mol. The van der Waals surface area contributed by atoms with Crippen LogP contribution in [0.2, 0.25) is 0 Å². The summed E-state index contributed by atoms with van der Waals surface area (Å²) in [6.45, 7) is 5.88. The Hall–Kier alpha value is -2.89. The Bertz CT molecular complexity index is 988. The van der Waals surface area contributed by atoms with E-state index in [9.17, 15) is 9.18 Å². The Morgan fingerprint density at radius 1 is 1.21 bits per heavy atom. The summed E-state index contributed by atoms with van der Waals surface area (Å²) in [4.78, 5) is 22.8. The lowest BCUT2D eigenvalue weighted by Crippen LogP contribution is -2.29. The van der Waals surface area contributed by atoms with Crippen molar-refractivity contribution in [2.45, 2.75) is 33.1 Å². The van der Waals surface area contributed by atoms with E-state index in [0.717, 1.165) is 60.3 Å². The van der Waals surface area contributed by atoms with Crippen LogP contribution in [0.5, 0.6) is 0 Å². The van der Waals surface area contributed by atoms with Crippen LogP contribution in [0.25, 0.3) is 22.4 Å². The number of imidazole rings is 1. The maximum Gasteiger partial charge on any atom is 0.227 e. The van der Waals surface area contributed by atoms with Gasteiger partial charge in [0.15, 0.2) is 0 Å². The number of nitrogens with zero attached hydrogens (tertiary/aromatic N) is 2. The van der Waals surface area contributed by atoms with E-state index in [-0.39, 0.29) is 17.6 Å². The number of carbonyl (C=O) groups excluding carboxylic acids is 1. The minimum absolute atomic E-state index is 0.0910. The van der Waals surface area contributed by atoms with E-state index < -0.39 is 0 Å². The number of benzene rings is 2. The van der Waals surface area contributed by atoms with Crippen LogP contribution >= 0.6 is 0 Å². The lowest BCUT2D eigenvalue weighted by molar-refractivity contribution is -0.122.